The molecule has 0 aromatic heterocycles. The van der Waals surface area contributed by atoms with Gasteiger partial charge in [0.15, 0.2) is 6.29 Å². The molecule has 0 bridgehead atoms. The van der Waals surface area contributed by atoms with E-state index in [1.165, 1.54) is 0 Å². The summed E-state index contributed by atoms with van der Waals surface area (Å²) < 4.78 is 34.2. The second kappa shape index (κ2) is 4.50. The highest BCUT2D eigenvalue weighted by molar-refractivity contribution is 7.86. The molecule has 0 spiro atoms. The van der Waals surface area contributed by atoms with Crippen molar-refractivity contribution in [2.24, 2.45) is 5.73 Å². The van der Waals surface area contributed by atoms with Gasteiger partial charge in [-0.15, -0.1) is 0 Å². The molecule has 0 radical (unpaired) electrons. The van der Waals surface area contributed by atoms with E-state index in [1.807, 2.05) is 0 Å². The van der Waals surface area contributed by atoms with Gasteiger partial charge in [-0.05, 0) is 0 Å². The van der Waals surface area contributed by atoms with Gasteiger partial charge in [-0.2, -0.15) is 8.42 Å². The van der Waals surface area contributed by atoms with E-state index in [2.05, 4.69) is 4.74 Å². The van der Waals surface area contributed by atoms with Gasteiger partial charge in [0.25, 0.3) is 10.1 Å². The first-order valence-electron chi connectivity index (χ1n) is 4.26. The highest BCUT2D eigenvalue weighted by atomic mass is 32.2. The van der Waals surface area contributed by atoms with E-state index in [0.717, 1.165) is 0 Å². The second-order valence-corrected chi connectivity index (χ2v) is 4.97. The first kappa shape index (κ1) is 13.7. The third-order valence-corrected chi connectivity index (χ3v) is 3.17. The molecular weight excluding hydrogens is 246 g/mol. The van der Waals surface area contributed by atoms with Crippen LogP contribution in [0, 0.1) is 0 Å². The lowest BCUT2D eigenvalue weighted by molar-refractivity contribution is -0.253. The number of hydrogen-bond donors (Lipinski definition) is 6. The molecule has 9 nitrogen and oxygen atoms in total. The van der Waals surface area contributed by atoms with Crippen molar-refractivity contribution < 1.29 is 38.1 Å². The molecule has 1 fully saturated rings. The van der Waals surface area contributed by atoms with Crippen LogP contribution in [0.5, 0.6) is 0 Å². The summed E-state index contributed by atoms with van der Waals surface area (Å²) in [6, 6.07) is -1.35. The van der Waals surface area contributed by atoms with Gasteiger partial charge in [0.05, 0.1) is 6.04 Å². The molecule has 96 valence electrons. The SMILES string of the molecule is N[C@H]1C(O)O[C@H](C(O)S(=O)(=O)O)[C@@H](O)[C@@H]1O. The van der Waals surface area contributed by atoms with Crippen LogP contribution < -0.4 is 5.73 Å². The Kier molecular flexibility index (Phi) is 3.87. The maximum atomic E-state index is 10.6. The van der Waals surface area contributed by atoms with E-state index < -0.39 is 46.2 Å². The molecular formula is C6H13NO8S. The van der Waals surface area contributed by atoms with Crippen LogP contribution in [-0.4, -0.2) is 69.5 Å². The van der Waals surface area contributed by atoms with Crippen LogP contribution >= 0.6 is 0 Å². The van der Waals surface area contributed by atoms with Gasteiger partial charge >= 0.3 is 0 Å². The molecule has 1 saturated heterocycles. The Morgan fingerprint density at radius 2 is 1.69 bits per heavy atom. The average molecular weight is 259 g/mol. The fraction of sp³-hybridized carbons (Fsp3) is 1.00. The summed E-state index contributed by atoms with van der Waals surface area (Å²) in [5, 5.41) is 36.9. The Bertz CT molecular complexity index is 344. The van der Waals surface area contributed by atoms with Crippen LogP contribution in [0.4, 0.5) is 0 Å². The molecule has 10 heteroatoms. The molecule has 0 amide bonds. The number of rotatable bonds is 2. The molecule has 0 saturated carbocycles. The molecule has 7 N–H and O–H groups in total. The normalized spacial score (nSPS) is 43.0. The van der Waals surface area contributed by atoms with Crippen LogP contribution in [0.15, 0.2) is 0 Å². The molecule has 2 unspecified atom stereocenters. The lowest BCUT2D eigenvalue weighted by Crippen LogP contribution is -2.64. The fourth-order valence-electron chi connectivity index (χ4n) is 1.33. The van der Waals surface area contributed by atoms with Crippen molar-refractivity contribution in [2.45, 2.75) is 36.1 Å². The summed E-state index contributed by atoms with van der Waals surface area (Å²) in [6.45, 7) is 0. The average Bonchev–Trinajstić information content (AvgIpc) is 2.18. The minimum atomic E-state index is -4.89. The fourth-order valence-corrected chi connectivity index (χ4v) is 1.89. The van der Waals surface area contributed by atoms with Gasteiger partial charge in [0, 0.05) is 0 Å². The summed E-state index contributed by atoms with van der Waals surface area (Å²) in [6.07, 6.45) is -7.19. The van der Waals surface area contributed by atoms with Gasteiger partial charge in [-0.25, -0.2) is 0 Å². The standard InChI is InChI=1S/C6H13NO8S/c7-1-2(8)3(9)4(15-5(1)10)6(11)16(12,13)14/h1-6,8-11H,7H2,(H,12,13,14)/t1-,2-,3+,4+,5?,6?/m1/s1. The predicted octanol–water partition coefficient (Wildman–Crippen LogP) is -4.04. The summed E-state index contributed by atoms with van der Waals surface area (Å²) in [5.74, 6) is 0. The van der Waals surface area contributed by atoms with E-state index in [-0.39, 0.29) is 0 Å². The summed E-state index contributed by atoms with van der Waals surface area (Å²) in [5.41, 5.74) is 2.72. The zero-order valence-corrected chi connectivity index (χ0v) is 8.73. The molecule has 16 heavy (non-hydrogen) atoms. The van der Waals surface area contributed by atoms with Crippen LogP contribution in [0.25, 0.3) is 0 Å². The first-order chi connectivity index (χ1) is 7.16. The monoisotopic (exact) mass is 259 g/mol. The topological polar surface area (TPSA) is 171 Å². The molecule has 1 rings (SSSR count). The summed E-state index contributed by atoms with van der Waals surface area (Å²) in [7, 11) is -4.89. The van der Waals surface area contributed by atoms with Crippen molar-refractivity contribution in [3.8, 4) is 0 Å². The largest absolute Gasteiger partial charge is 0.388 e. The number of ether oxygens (including phenoxy) is 1. The Balaban J connectivity index is 2.90. The lowest BCUT2D eigenvalue weighted by atomic mass is 9.98. The third kappa shape index (κ3) is 2.49. The van der Waals surface area contributed by atoms with E-state index in [4.69, 9.17) is 20.5 Å². The van der Waals surface area contributed by atoms with Crippen molar-refractivity contribution in [2.75, 3.05) is 0 Å². The van der Waals surface area contributed by atoms with Crippen LogP contribution in [0.3, 0.4) is 0 Å². The molecule has 0 aromatic carbocycles. The summed E-state index contributed by atoms with van der Waals surface area (Å²) >= 11 is 0. The Labute approximate surface area is 90.8 Å². The van der Waals surface area contributed by atoms with Gasteiger partial charge in [0.2, 0.25) is 5.44 Å². The quantitative estimate of drug-likeness (QED) is 0.270. The maximum absolute atomic E-state index is 10.6. The van der Waals surface area contributed by atoms with E-state index in [0.29, 0.717) is 0 Å². The van der Waals surface area contributed by atoms with Crippen molar-refractivity contribution in [1.29, 1.82) is 0 Å². The third-order valence-electron chi connectivity index (χ3n) is 2.29. The molecule has 1 aliphatic rings. The molecule has 6 atom stereocenters. The second-order valence-electron chi connectivity index (χ2n) is 3.46. The number of nitrogens with two attached hydrogens (primary N) is 1. The lowest BCUT2D eigenvalue weighted by Gasteiger charge is -2.39. The Morgan fingerprint density at radius 1 is 1.19 bits per heavy atom. The number of aliphatic hydroxyl groups excluding tert-OH is 4. The van der Waals surface area contributed by atoms with Gasteiger partial charge in [-0.1, -0.05) is 0 Å². The zero-order valence-electron chi connectivity index (χ0n) is 7.91. The van der Waals surface area contributed by atoms with Crippen molar-refractivity contribution in [1.82, 2.24) is 0 Å². The highest BCUT2D eigenvalue weighted by Gasteiger charge is 2.48. The molecule has 1 aliphatic heterocycles. The summed E-state index contributed by atoms with van der Waals surface area (Å²) in [4.78, 5) is 0. The molecule has 0 aliphatic carbocycles. The van der Waals surface area contributed by atoms with Crippen LogP contribution in [-0.2, 0) is 14.9 Å². The van der Waals surface area contributed by atoms with E-state index in [9.17, 15) is 18.6 Å². The molecule has 1 heterocycles. The van der Waals surface area contributed by atoms with Gasteiger partial charge < -0.3 is 30.9 Å². The minimum Gasteiger partial charge on any atom is -0.388 e. The van der Waals surface area contributed by atoms with Gasteiger partial charge in [-0.3, -0.25) is 4.55 Å². The number of aliphatic hydroxyl groups is 4. The number of hydrogen-bond acceptors (Lipinski definition) is 8. The first-order valence-corrected chi connectivity index (χ1v) is 5.76. The maximum Gasteiger partial charge on any atom is 0.294 e. The van der Waals surface area contributed by atoms with Crippen molar-refractivity contribution in [3.05, 3.63) is 0 Å². The smallest absolute Gasteiger partial charge is 0.294 e. The molecule has 0 aromatic rings. The van der Waals surface area contributed by atoms with Crippen LogP contribution in [0.1, 0.15) is 0 Å². The van der Waals surface area contributed by atoms with Crippen molar-refractivity contribution in [3.63, 3.8) is 0 Å². The van der Waals surface area contributed by atoms with Crippen LogP contribution in [0.2, 0.25) is 0 Å². The zero-order chi connectivity index (χ0) is 12.7. The Hall–Kier alpha value is -0.330. The minimum absolute atomic E-state index is 1.35. The van der Waals surface area contributed by atoms with E-state index in [1.54, 1.807) is 0 Å². The van der Waals surface area contributed by atoms with E-state index >= 15 is 0 Å². The predicted molar refractivity (Wildman–Crippen MR) is 48.4 cm³/mol. The highest BCUT2D eigenvalue weighted by Crippen LogP contribution is 2.22. The van der Waals surface area contributed by atoms with Crippen molar-refractivity contribution >= 4 is 10.1 Å². The Morgan fingerprint density at radius 3 is 2.12 bits per heavy atom. The van der Waals surface area contributed by atoms with Gasteiger partial charge in [0.1, 0.15) is 18.3 Å².